The number of benzene rings is 5. The molecule has 5 nitrogen and oxygen atoms in total. The van der Waals surface area contributed by atoms with Crippen molar-refractivity contribution in [2.75, 3.05) is 0 Å². The second-order valence-corrected chi connectivity index (χ2v) is 10.2. The van der Waals surface area contributed by atoms with E-state index < -0.39 is 6.17 Å². The summed E-state index contributed by atoms with van der Waals surface area (Å²) < 4.78 is 6.35. The van der Waals surface area contributed by atoms with Gasteiger partial charge in [0.2, 0.25) is 0 Å². The number of nitrogens with one attached hydrogen (secondary N) is 1. The monoisotopic (exact) mass is 542 g/mol. The smallest absolute Gasteiger partial charge is 0.143 e. The Morgan fingerprint density at radius 1 is 0.667 bits per heavy atom. The van der Waals surface area contributed by atoms with Gasteiger partial charge in [-0.05, 0) is 75.8 Å². The van der Waals surface area contributed by atoms with Crippen LogP contribution in [0.5, 0.6) is 0 Å². The Kier molecular flexibility index (Phi) is 6.44. The molecule has 2 heterocycles. The lowest BCUT2D eigenvalue weighted by Crippen LogP contribution is -2.15. The van der Waals surface area contributed by atoms with Crippen LogP contribution < -0.4 is 11.2 Å². The van der Waals surface area contributed by atoms with Gasteiger partial charge in [0.15, 0.2) is 0 Å². The van der Waals surface area contributed by atoms with E-state index in [2.05, 4.69) is 53.5 Å². The highest BCUT2D eigenvalue weighted by atomic mass is 16.3. The molecule has 0 spiro atoms. The summed E-state index contributed by atoms with van der Waals surface area (Å²) in [5.41, 5.74) is 16.9. The average molecular weight is 543 g/mol. The summed E-state index contributed by atoms with van der Waals surface area (Å²) in [6.07, 6.45) is 1.44. The molecule has 42 heavy (non-hydrogen) atoms. The summed E-state index contributed by atoms with van der Waals surface area (Å²) in [5.74, 6) is 0. The Morgan fingerprint density at radius 2 is 1.40 bits per heavy atom. The number of aromatic nitrogens is 1. The van der Waals surface area contributed by atoms with Crippen molar-refractivity contribution in [1.82, 2.24) is 4.98 Å². The van der Waals surface area contributed by atoms with Crippen LogP contribution in [0.4, 0.5) is 0 Å². The molecule has 7 rings (SSSR count). The molecule has 0 aliphatic rings. The highest BCUT2D eigenvalue weighted by molar-refractivity contribution is 6.10. The van der Waals surface area contributed by atoms with Gasteiger partial charge in [0.05, 0.1) is 11.6 Å². The van der Waals surface area contributed by atoms with Crippen LogP contribution in [0, 0.1) is 11.3 Å². The van der Waals surface area contributed by atoms with Gasteiger partial charge in [0.1, 0.15) is 22.8 Å². The van der Waals surface area contributed by atoms with Gasteiger partial charge in [-0.25, -0.2) is 4.99 Å². The third-order valence-corrected chi connectivity index (χ3v) is 7.56. The lowest BCUT2D eigenvalue weighted by Gasteiger charge is -2.10. The number of pyridine rings is 1. The van der Waals surface area contributed by atoms with Crippen LogP contribution >= 0.6 is 0 Å². The first-order chi connectivity index (χ1) is 20.7. The molecule has 7 aromatic rings. The lowest BCUT2D eigenvalue weighted by molar-refractivity contribution is 0.670. The summed E-state index contributed by atoms with van der Waals surface area (Å²) in [7, 11) is 0. The van der Waals surface area contributed by atoms with E-state index in [1.807, 2.05) is 91.1 Å². The molecule has 0 amide bonds. The molecule has 0 saturated heterocycles. The minimum Gasteiger partial charge on any atom is -0.455 e. The number of nitrogens with two attached hydrogens (primary N) is 1. The Bertz CT molecular complexity index is 2150. The van der Waals surface area contributed by atoms with Crippen LogP contribution in [0.15, 0.2) is 143 Å². The molecule has 200 valence electrons. The molecule has 3 N–H and O–H groups in total. The molecule has 0 aliphatic heterocycles. The van der Waals surface area contributed by atoms with Crippen molar-refractivity contribution >= 4 is 21.9 Å². The van der Waals surface area contributed by atoms with Gasteiger partial charge in [-0.3, -0.25) is 0 Å². The zero-order valence-corrected chi connectivity index (χ0v) is 22.7. The number of hydrogen-bond acceptors (Lipinski definition) is 4. The number of furan rings is 1. The van der Waals surface area contributed by atoms with Gasteiger partial charge >= 0.3 is 0 Å². The second-order valence-electron chi connectivity index (χ2n) is 10.2. The normalized spacial score (nSPS) is 12.4. The zero-order chi connectivity index (χ0) is 28.5. The number of nitriles is 1. The highest BCUT2D eigenvalue weighted by Crippen LogP contribution is 2.37. The van der Waals surface area contributed by atoms with E-state index in [0.717, 1.165) is 66.4 Å². The number of rotatable bonds is 5. The Labute approximate surface area is 242 Å². The van der Waals surface area contributed by atoms with Crippen molar-refractivity contribution in [3.63, 3.8) is 0 Å². The third kappa shape index (κ3) is 4.77. The van der Waals surface area contributed by atoms with Gasteiger partial charge < -0.3 is 15.1 Å². The summed E-state index contributed by atoms with van der Waals surface area (Å²) in [6.45, 7) is 0. The largest absolute Gasteiger partial charge is 0.455 e. The average Bonchev–Trinajstić information content (AvgIpc) is 3.44. The van der Waals surface area contributed by atoms with E-state index in [1.54, 1.807) is 0 Å². The van der Waals surface area contributed by atoms with E-state index in [0.29, 0.717) is 5.56 Å². The van der Waals surface area contributed by atoms with E-state index >= 15 is 0 Å². The first kappa shape index (κ1) is 25.3. The summed E-state index contributed by atoms with van der Waals surface area (Å²) in [4.78, 5) is 7.99. The fourth-order valence-corrected chi connectivity index (χ4v) is 5.36. The van der Waals surface area contributed by atoms with Crippen molar-refractivity contribution in [2.45, 2.75) is 6.17 Å². The summed E-state index contributed by atoms with van der Waals surface area (Å²) in [6, 6.07) is 44.6. The van der Waals surface area contributed by atoms with Gasteiger partial charge in [-0.1, -0.05) is 84.9 Å². The van der Waals surface area contributed by atoms with Crippen molar-refractivity contribution in [1.29, 1.82) is 5.26 Å². The van der Waals surface area contributed by atoms with Crippen molar-refractivity contribution in [2.24, 2.45) is 10.7 Å². The van der Waals surface area contributed by atoms with Crippen molar-refractivity contribution in [3.8, 4) is 39.4 Å². The maximum absolute atomic E-state index is 9.16. The molecule has 0 aliphatic carbocycles. The van der Waals surface area contributed by atoms with Crippen molar-refractivity contribution in [3.05, 3.63) is 150 Å². The molecule has 1 unspecified atom stereocenters. The lowest BCUT2D eigenvalue weighted by atomic mass is 9.98. The molecular weight excluding hydrogens is 516 g/mol. The van der Waals surface area contributed by atoms with Gasteiger partial charge in [-0.2, -0.15) is 5.26 Å². The van der Waals surface area contributed by atoms with E-state index in [-0.39, 0.29) is 0 Å². The van der Waals surface area contributed by atoms with E-state index in [4.69, 9.17) is 20.4 Å². The Hall–Kier alpha value is -5.70. The maximum Gasteiger partial charge on any atom is 0.143 e. The van der Waals surface area contributed by atoms with E-state index in [9.17, 15) is 0 Å². The standard InChI is InChI=1S/C37H26N4O/c38-22-24-12-14-26(15-13-24)31-10-5-11-32-33-21-28(16-18-34(33)42-36(31)32)27-8-4-9-29(20-27)37(39)41-35-19-17-30(23-40-35)25-6-2-1-3-7-25/h1-21,23,37H,39H2,(H,40,41). The van der Waals surface area contributed by atoms with Crippen LogP contribution in [0.3, 0.4) is 0 Å². The minimum atomic E-state index is -0.516. The number of nitrogens with zero attached hydrogens (tertiary/aromatic N) is 2. The highest BCUT2D eigenvalue weighted by Gasteiger charge is 2.14. The first-order valence-electron chi connectivity index (χ1n) is 13.8. The van der Waals surface area contributed by atoms with Gasteiger partial charge in [-0.15, -0.1) is 0 Å². The number of aromatic amines is 1. The quantitative estimate of drug-likeness (QED) is 0.229. The predicted molar refractivity (Wildman–Crippen MR) is 168 cm³/mol. The van der Waals surface area contributed by atoms with Crippen LogP contribution in [0.25, 0.3) is 55.3 Å². The van der Waals surface area contributed by atoms with Crippen LogP contribution in [-0.4, -0.2) is 4.98 Å². The fraction of sp³-hybridized carbons (Fsp3) is 0.0270. The SMILES string of the molecule is N#Cc1ccc(-c2cccc3c2oc2ccc(-c4cccc(C(N)/N=c5/ccc(-c6ccccc6)c[nH]5)c4)cc23)cc1. The molecule has 0 saturated carbocycles. The van der Waals surface area contributed by atoms with Gasteiger partial charge in [0, 0.05) is 22.5 Å². The minimum absolute atomic E-state index is 0.516. The molecule has 2 aromatic heterocycles. The maximum atomic E-state index is 9.16. The van der Waals surface area contributed by atoms with Gasteiger partial charge in [0.25, 0.3) is 0 Å². The summed E-state index contributed by atoms with van der Waals surface area (Å²) >= 11 is 0. The molecular formula is C37H26N4O. The van der Waals surface area contributed by atoms with E-state index in [1.165, 1.54) is 0 Å². The molecule has 5 aromatic carbocycles. The fourth-order valence-electron chi connectivity index (χ4n) is 5.36. The Morgan fingerprint density at radius 3 is 2.19 bits per heavy atom. The molecule has 0 fully saturated rings. The van der Waals surface area contributed by atoms with Crippen LogP contribution in [-0.2, 0) is 0 Å². The molecule has 0 bridgehead atoms. The molecule has 1 atom stereocenters. The molecule has 0 radical (unpaired) electrons. The number of H-pyrrole nitrogens is 1. The second kappa shape index (κ2) is 10.7. The summed E-state index contributed by atoms with van der Waals surface area (Å²) in [5, 5.41) is 11.3. The molecule has 5 heteroatoms. The topological polar surface area (TPSA) is 91.1 Å². The zero-order valence-electron chi connectivity index (χ0n) is 22.7. The first-order valence-corrected chi connectivity index (χ1v) is 13.8. The number of fused-ring (bicyclic) bond motifs is 3. The third-order valence-electron chi connectivity index (χ3n) is 7.56. The van der Waals surface area contributed by atoms with Crippen LogP contribution in [0.1, 0.15) is 17.3 Å². The predicted octanol–water partition coefficient (Wildman–Crippen LogP) is 8.34. The van der Waals surface area contributed by atoms with Crippen LogP contribution in [0.2, 0.25) is 0 Å². The number of hydrogen-bond donors (Lipinski definition) is 2. The van der Waals surface area contributed by atoms with Crippen molar-refractivity contribution < 1.29 is 4.42 Å². The Balaban J connectivity index is 1.21. The number of para-hydroxylation sites is 1.